The van der Waals surface area contributed by atoms with Gasteiger partial charge in [-0.05, 0) is 46.2 Å². The van der Waals surface area contributed by atoms with Gasteiger partial charge < -0.3 is 0 Å². The topological polar surface area (TPSA) is 12.9 Å². The van der Waals surface area contributed by atoms with E-state index in [0.29, 0.717) is 10.3 Å². The van der Waals surface area contributed by atoms with Crippen LogP contribution in [0.25, 0.3) is 10.8 Å². The van der Waals surface area contributed by atoms with Gasteiger partial charge in [0.15, 0.2) is 0 Å². The number of pyridine rings is 1. The third-order valence-electron chi connectivity index (χ3n) is 1.72. The minimum Gasteiger partial charge on any atom is -0.224 e. The molecule has 0 fully saturated rings. The van der Waals surface area contributed by atoms with Crippen molar-refractivity contribution in [3.63, 3.8) is 0 Å². The molecule has 0 aliphatic carbocycles. The standard InChI is InChI=1S/C9H4Cl2IN/c10-8-3-5-1-2-6(12)4-7(5)9(11)13-8/h1-4H. The summed E-state index contributed by atoms with van der Waals surface area (Å²) in [6, 6.07) is 7.78. The van der Waals surface area contributed by atoms with Gasteiger partial charge in [-0.15, -0.1) is 0 Å². The van der Waals surface area contributed by atoms with E-state index in [1.807, 2.05) is 18.2 Å². The third-order valence-corrected chi connectivity index (χ3v) is 2.87. The smallest absolute Gasteiger partial charge is 0.138 e. The van der Waals surface area contributed by atoms with Crippen molar-refractivity contribution in [2.45, 2.75) is 0 Å². The molecule has 0 amide bonds. The summed E-state index contributed by atoms with van der Waals surface area (Å²) in [6.07, 6.45) is 0. The molecule has 0 atom stereocenters. The van der Waals surface area contributed by atoms with Gasteiger partial charge in [-0.3, -0.25) is 0 Å². The predicted octanol–water partition coefficient (Wildman–Crippen LogP) is 4.15. The number of aromatic nitrogens is 1. The van der Waals surface area contributed by atoms with Gasteiger partial charge in [-0.1, -0.05) is 29.3 Å². The molecule has 0 unspecified atom stereocenters. The van der Waals surface area contributed by atoms with Crippen LogP contribution in [0.4, 0.5) is 0 Å². The van der Waals surface area contributed by atoms with Gasteiger partial charge in [0.1, 0.15) is 10.3 Å². The molecule has 0 N–H and O–H groups in total. The zero-order valence-electron chi connectivity index (χ0n) is 6.39. The van der Waals surface area contributed by atoms with Crippen LogP contribution in [-0.4, -0.2) is 4.98 Å². The Balaban J connectivity index is 2.87. The SMILES string of the molecule is Clc1cc2ccc(I)cc2c(Cl)n1. The average Bonchev–Trinajstić information content (AvgIpc) is 2.06. The first kappa shape index (κ1) is 9.49. The summed E-state index contributed by atoms with van der Waals surface area (Å²) in [5.74, 6) is 0. The average molecular weight is 324 g/mol. The minimum atomic E-state index is 0.429. The fourth-order valence-corrected chi connectivity index (χ4v) is 2.14. The first-order chi connectivity index (χ1) is 6.16. The summed E-state index contributed by atoms with van der Waals surface area (Å²) in [5.41, 5.74) is 0. The molecule has 4 heteroatoms. The molecule has 0 saturated heterocycles. The Kier molecular flexibility index (Phi) is 2.62. The van der Waals surface area contributed by atoms with E-state index in [0.717, 1.165) is 14.3 Å². The second-order valence-corrected chi connectivity index (χ2v) is 4.59. The van der Waals surface area contributed by atoms with E-state index < -0.39 is 0 Å². The number of rotatable bonds is 0. The van der Waals surface area contributed by atoms with Gasteiger partial charge in [-0.2, -0.15) is 0 Å². The lowest BCUT2D eigenvalue weighted by Gasteiger charge is -2.00. The molecule has 2 aromatic rings. The van der Waals surface area contributed by atoms with Crippen LogP contribution in [0.3, 0.4) is 0 Å². The summed E-state index contributed by atoms with van der Waals surface area (Å²) < 4.78 is 1.14. The second-order valence-electron chi connectivity index (χ2n) is 2.60. The highest BCUT2D eigenvalue weighted by Crippen LogP contribution is 2.25. The van der Waals surface area contributed by atoms with Gasteiger partial charge in [0.2, 0.25) is 0 Å². The van der Waals surface area contributed by atoms with Crippen LogP contribution in [-0.2, 0) is 0 Å². The van der Waals surface area contributed by atoms with E-state index in [2.05, 4.69) is 27.6 Å². The lowest BCUT2D eigenvalue weighted by molar-refractivity contribution is 1.36. The first-order valence-electron chi connectivity index (χ1n) is 3.58. The van der Waals surface area contributed by atoms with Gasteiger partial charge in [0.25, 0.3) is 0 Å². The normalized spacial score (nSPS) is 10.7. The lowest BCUT2D eigenvalue weighted by atomic mass is 10.2. The van der Waals surface area contributed by atoms with Crippen LogP contribution in [0.1, 0.15) is 0 Å². The van der Waals surface area contributed by atoms with Crippen LogP contribution in [0.5, 0.6) is 0 Å². The van der Waals surface area contributed by atoms with Crippen LogP contribution in [0.2, 0.25) is 10.3 Å². The van der Waals surface area contributed by atoms with E-state index in [1.54, 1.807) is 6.07 Å². The van der Waals surface area contributed by atoms with E-state index in [9.17, 15) is 0 Å². The highest BCUT2D eigenvalue weighted by Gasteiger charge is 2.02. The molecule has 13 heavy (non-hydrogen) atoms. The fraction of sp³-hybridized carbons (Fsp3) is 0. The summed E-state index contributed by atoms with van der Waals surface area (Å²) in [5, 5.41) is 2.85. The minimum absolute atomic E-state index is 0.429. The van der Waals surface area contributed by atoms with Gasteiger partial charge in [0.05, 0.1) is 0 Å². The molecule has 0 radical (unpaired) electrons. The van der Waals surface area contributed by atoms with E-state index in [4.69, 9.17) is 23.2 Å². The quantitative estimate of drug-likeness (QED) is 0.524. The van der Waals surface area contributed by atoms with Crippen molar-refractivity contribution in [3.8, 4) is 0 Å². The van der Waals surface area contributed by atoms with Crippen molar-refractivity contribution in [2.75, 3.05) is 0 Å². The molecule has 0 aliphatic heterocycles. The van der Waals surface area contributed by atoms with E-state index >= 15 is 0 Å². The van der Waals surface area contributed by atoms with Crippen LogP contribution >= 0.6 is 45.8 Å². The maximum Gasteiger partial charge on any atom is 0.138 e. The van der Waals surface area contributed by atoms with E-state index in [-0.39, 0.29) is 0 Å². The molecule has 66 valence electrons. The molecule has 1 aromatic heterocycles. The van der Waals surface area contributed by atoms with Gasteiger partial charge in [-0.25, -0.2) is 4.98 Å². The zero-order valence-corrected chi connectivity index (χ0v) is 10.1. The molecule has 2 rings (SSSR count). The van der Waals surface area contributed by atoms with Crippen molar-refractivity contribution < 1.29 is 0 Å². The van der Waals surface area contributed by atoms with Crippen LogP contribution in [0, 0.1) is 3.57 Å². The summed E-state index contributed by atoms with van der Waals surface area (Å²) >= 11 is 13.9. The predicted molar refractivity (Wildman–Crippen MR) is 64.5 cm³/mol. The first-order valence-corrected chi connectivity index (χ1v) is 5.41. The largest absolute Gasteiger partial charge is 0.224 e. The monoisotopic (exact) mass is 323 g/mol. The van der Waals surface area contributed by atoms with E-state index in [1.165, 1.54) is 0 Å². The Bertz CT molecular complexity index is 470. The lowest BCUT2D eigenvalue weighted by Crippen LogP contribution is -1.81. The number of halogens is 3. The highest BCUT2D eigenvalue weighted by atomic mass is 127. The summed E-state index contributed by atoms with van der Waals surface area (Å²) in [7, 11) is 0. The molecule has 0 spiro atoms. The van der Waals surface area contributed by atoms with Crippen molar-refractivity contribution in [1.29, 1.82) is 0 Å². The van der Waals surface area contributed by atoms with Crippen LogP contribution in [0.15, 0.2) is 24.3 Å². The summed E-state index contributed by atoms with van der Waals surface area (Å²) in [4.78, 5) is 3.97. The maximum atomic E-state index is 5.94. The number of hydrogen-bond donors (Lipinski definition) is 0. The van der Waals surface area contributed by atoms with Crippen molar-refractivity contribution >= 4 is 56.6 Å². The number of fused-ring (bicyclic) bond motifs is 1. The Labute approximate surface area is 99.2 Å². The Morgan fingerprint density at radius 1 is 1.15 bits per heavy atom. The molecule has 1 aromatic carbocycles. The Morgan fingerprint density at radius 2 is 1.92 bits per heavy atom. The number of benzene rings is 1. The Hall–Kier alpha value is -0.0600. The molecular formula is C9H4Cl2IN. The number of nitrogens with zero attached hydrogens (tertiary/aromatic N) is 1. The fourth-order valence-electron chi connectivity index (χ4n) is 1.15. The Morgan fingerprint density at radius 3 is 2.69 bits per heavy atom. The van der Waals surface area contributed by atoms with Gasteiger partial charge >= 0.3 is 0 Å². The second kappa shape index (κ2) is 3.59. The van der Waals surface area contributed by atoms with Crippen molar-refractivity contribution in [3.05, 3.63) is 38.1 Å². The number of hydrogen-bond acceptors (Lipinski definition) is 1. The van der Waals surface area contributed by atoms with Gasteiger partial charge in [0, 0.05) is 8.96 Å². The van der Waals surface area contributed by atoms with Crippen molar-refractivity contribution in [1.82, 2.24) is 4.98 Å². The molecule has 0 saturated carbocycles. The zero-order chi connectivity index (χ0) is 9.42. The maximum absolute atomic E-state index is 5.94. The third kappa shape index (κ3) is 1.90. The van der Waals surface area contributed by atoms with Crippen molar-refractivity contribution in [2.24, 2.45) is 0 Å². The summed E-state index contributed by atoms with van der Waals surface area (Å²) in [6.45, 7) is 0. The molecule has 1 nitrogen and oxygen atoms in total. The molecule has 1 heterocycles. The molecule has 0 bridgehead atoms. The molecule has 0 aliphatic rings. The molecular weight excluding hydrogens is 320 g/mol. The highest BCUT2D eigenvalue weighted by molar-refractivity contribution is 14.1. The van der Waals surface area contributed by atoms with Crippen LogP contribution < -0.4 is 0 Å².